The van der Waals surface area contributed by atoms with Gasteiger partial charge in [-0.2, -0.15) is 5.26 Å². The van der Waals surface area contributed by atoms with Gasteiger partial charge in [0.2, 0.25) is 0 Å². The van der Waals surface area contributed by atoms with Crippen LogP contribution < -0.4 is 10.6 Å². The molecule has 0 aromatic carbocycles. The van der Waals surface area contributed by atoms with E-state index in [4.69, 9.17) is 5.26 Å². The number of nitrogens with one attached hydrogen (secondary N) is 2. The maximum Gasteiger partial charge on any atom is 0.132 e. The van der Waals surface area contributed by atoms with Gasteiger partial charge < -0.3 is 10.6 Å². The van der Waals surface area contributed by atoms with Crippen LogP contribution in [0, 0.1) is 24.2 Å². The number of aryl methyl sites for hydroxylation is 1. The number of anilines is 2. The molecule has 0 radical (unpaired) electrons. The average molecular weight is 247 g/mol. The van der Waals surface area contributed by atoms with E-state index in [9.17, 15) is 0 Å². The average Bonchev–Trinajstić information content (AvgIpc) is 2.31. The van der Waals surface area contributed by atoms with E-state index in [1.165, 1.54) is 6.42 Å². The largest absolute Gasteiger partial charge is 0.370 e. The quantitative estimate of drug-likeness (QED) is 0.572. The lowest BCUT2D eigenvalue weighted by Crippen LogP contribution is -2.08. The molecule has 0 saturated heterocycles. The van der Waals surface area contributed by atoms with E-state index in [0.717, 1.165) is 24.7 Å². The molecule has 1 heterocycles. The number of hydrogen-bond acceptors (Lipinski definition) is 5. The minimum absolute atomic E-state index is 0.253. The Morgan fingerprint density at radius 2 is 1.94 bits per heavy atom. The van der Waals surface area contributed by atoms with E-state index in [0.29, 0.717) is 11.6 Å². The van der Waals surface area contributed by atoms with Crippen LogP contribution in [0.5, 0.6) is 0 Å². The highest BCUT2D eigenvalue weighted by Gasteiger charge is 2.01. The molecule has 1 aromatic rings. The molecule has 0 unspecified atom stereocenters. The summed E-state index contributed by atoms with van der Waals surface area (Å²) in [4.78, 5) is 8.53. The molecule has 0 aliphatic heterocycles. The zero-order valence-corrected chi connectivity index (χ0v) is 11.3. The van der Waals surface area contributed by atoms with E-state index in [1.807, 2.05) is 19.1 Å². The lowest BCUT2D eigenvalue weighted by molar-refractivity contribution is 0.566. The summed E-state index contributed by atoms with van der Waals surface area (Å²) in [5.74, 6) is 2.93. The minimum atomic E-state index is 0.253. The topological polar surface area (TPSA) is 73.6 Å². The molecule has 5 heteroatoms. The zero-order valence-electron chi connectivity index (χ0n) is 11.3. The van der Waals surface area contributed by atoms with Gasteiger partial charge in [0.05, 0.1) is 6.07 Å². The van der Waals surface area contributed by atoms with Gasteiger partial charge in [0.25, 0.3) is 0 Å². The van der Waals surface area contributed by atoms with E-state index >= 15 is 0 Å². The Bertz CT molecular complexity index is 408. The van der Waals surface area contributed by atoms with Crippen molar-refractivity contribution in [2.24, 2.45) is 5.92 Å². The number of nitrogens with zero attached hydrogens (tertiary/aromatic N) is 3. The highest BCUT2D eigenvalue weighted by molar-refractivity contribution is 5.47. The molecule has 5 nitrogen and oxygen atoms in total. The van der Waals surface area contributed by atoms with Gasteiger partial charge >= 0.3 is 0 Å². The second-order valence-electron chi connectivity index (χ2n) is 4.66. The maximum atomic E-state index is 8.52. The Kier molecular flexibility index (Phi) is 5.92. The van der Waals surface area contributed by atoms with Crippen molar-refractivity contribution in [3.63, 3.8) is 0 Å². The van der Waals surface area contributed by atoms with Gasteiger partial charge in [-0.1, -0.05) is 13.8 Å². The predicted octanol–water partition coefficient (Wildman–Crippen LogP) is 2.57. The molecule has 0 aliphatic rings. The van der Waals surface area contributed by atoms with E-state index in [2.05, 4.69) is 34.4 Å². The van der Waals surface area contributed by atoms with E-state index < -0.39 is 0 Å². The van der Waals surface area contributed by atoms with Crippen LogP contribution in [0.1, 0.15) is 32.5 Å². The van der Waals surface area contributed by atoms with Crippen LogP contribution in [-0.2, 0) is 0 Å². The number of nitriles is 1. The molecule has 2 N–H and O–H groups in total. The summed E-state index contributed by atoms with van der Waals surface area (Å²) in [5, 5.41) is 14.7. The van der Waals surface area contributed by atoms with Gasteiger partial charge in [-0.15, -0.1) is 0 Å². The van der Waals surface area contributed by atoms with Crippen LogP contribution in [0.25, 0.3) is 0 Å². The summed E-state index contributed by atoms with van der Waals surface area (Å²) in [6.45, 7) is 7.45. The summed E-state index contributed by atoms with van der Waals surface area (Å²) in [7, 11) is 0. The van der Waals surface area contributed by atoms with Gasteiger partial charge in [-0.05, 0) is 25.7 Å². The number of aromatic nitrogens is 2. The van der Waals surface area contributed by atoms with Crippen LogP contribution in [0.2, 0.25) is 0 Å². The summed E-state index contributed by atoms with van der Waals surface area (Å²) < 4.78 is 0. The van der Waals surface area contributed by atoms with Crippen molar-refractivity contribution < 1.29 is 0 Å². The second-order valence-corrected chi connectivity index (χ2v) is 4.66. The first-order valence-corrected chi connectivity index (χ1v) is 6.32. The van der Waals surface area contributed by atoms with Gasteiger partial charge in [0.15, 0.2) is 0 Å². The molecule has 0 aliphatic carbocycles. The standard InChI is InChI=1S/C13H21N5/c1-10(2)5-4-7-15-12-9-13(16-8-6-14)18-11(3)17-12/h9-10H,4-5,7-8H2,1-3H3,(H2,15,16,17,18). The molecular weight excluding hydrogens is 226 g/mol. The molecule has 1 aromatic heterocycles. The lowest BCUT2D eigenvalue weighted by atomic mass is 10.1. The first kappa shape index (κ1) is 14.2. The summed E-state index contributed by atoms with van der Waals surface area (Å²) >= 11 is 0. The smallest absolute Gasteiger partial charge is 0.132 e. The fourth-order valence-corrected chi connectivity index (χ4v) is 1.61. The first-order chi connectivity index (χ1) is 8.61. The van der Waals surface area contributed by atoms with Crippen molar-refractivity contribution in [2.45, 2.75) is 33.6 Å². The van der Waals surface area contributed by atoms with Crippen molar-refractivity contribution in [3.05, 3.63) is 11.9 Å². The van der Waals surface area contributed by atoms with Gasteiger partial charge in [0.1, 0.15) is 24.0 Å². The van der Waals surface area contributed by atoms with Gasteiger partial charge in [0, 0.05) is 12.6 Å². The summed E-state index contributed by atoms with van der Waals surface area (Å²) in [6.07, 6.45) is 2.33. The van der Waals surface area contributed by atoms with E-state index in [1.54, 1.807) is 0 Å². The normalized spacial score (nSPS) is 10.2. The molecule has 18 heavy (non-hydrogen) atoms. The fourth-order valence-electron chi connectivity index (χ4n) is 1.61. The third kappa shape index (κ3) is 5.48. The Morgan fingerprint density at radius 1 is 1.28 bits per heavy atom. The summed E-state index contributed by atoms with van der Waals surface area (Å²) in [6, 6.07) is 3.86. The monoisotopic (exact) mass is 247 g/mol. The minimum Gasteiger partial charge on any atom is -0.370 e. The number of rotatable bonds is 7. The molecule has 0 atom stereocenters. The molecular formula is C13H21N5. The third-order valence-electron chi connectivity index (χ3n) is 2.45. The highest BCUT2D eigenvalue weighted by atomic mass is 15.1. The zero-order chi connectivity index (χ0) is 13.4. The fraction of sp³-hybridized carbons (Fsp3) is 0.615. The van der Waals surface area contributed by atoms with Crippen LogP contribution in [0.3, 0.4) is 0 Å². The predicted molar refractivity (Wildman–Crippen MR) is 73.4 cm³/mol. The molecule has 0 fully saturated rings. The third-order valence-corrected chi connectivity index (χ3v) is 2.45. The Hall–Kier alpha value is -1.83. The molecule has 0 saturated carbocycles. The number of hydrogen-bond donors (Lipinski definition) is 2. The van der Waals surface area contributed by atoms with Crippen molar-refractivity contribution in [3.8, 4) is 6.07 Å². The maximum absolute atomic E-state index is 8.52. The van der Waals surface area contributed by atoms with E-state index in [-0.39, 0.29) is 6.54 Å². The van der Waals surface area contributed by atoms with Crippen LogP contribution >= 0.6 is 0 Å². The summed E-state index contributed by atoms with van der Waals surface area (Å²) in [5.41, 5.74) is 0. The Balaban J connectivity index is 2.49. The SMILES string of the molecule is Cc1nc(NCC#N)cc(NCCCC(C)C)n1. The van der Waals surface area contributed by atoms with Crippen LogP contribution in [-0.4, -0.2) is 23.1 Å². The van der Waals surface area contributed by atoms with Crippen LogP contribution in [0.15, 0.2) is 6.07 Å². The first-order valence-electron chi connectivity index (χ1n) is 6.32. The Labute approximate surface area is 109 Å². The molecule has 0 spiro atoms. The van der Waals surface area contributed by atoms with Crippen molar-refractivity contribution in [1.82, 2.24) is 9.97 Å². The molecule has 1 rings (SSSR count). The molecule has 98 valence electrons. The van der Waals surface area contributed by atoms with Gasteiger partial charge in [-0.3, -0.25) is 0 Å². The van der Waals surface area contributed by atoms with Gasteiger partial charge in [-0.25, -0.2) is 9.97 Å². The lowest BCUT2D eigenvalue weighted by Gasteiger charge is -2.09. The highest BCUT2D eigenvalue weighted by Crippen LogP contribution is 2.11. The van der Waals surface area contributed by atoms with Crippen molar-refractivity contribution in [1.29, 1.82) is 5.26 Å². The molecule has 0 amide bonds. The Morgan fingerprint density at radius 3 is 2.56 bits per heavy atom. The van der Waals surface area contributed by atoms with Crippen molar-refractivity contribution >= 4 is 11.6 Å². The van der Waals surface area contributed by atoms with Crippen LogP contribution in [0.4, 0.5) is 11.6 Å². The second kappa shape index (κ2) is 7.49. The molecule has 0 bridgehead atoms. The van der Waals surface area contributed by atoms with Crippen molar-refractivity contribution in [2.75, 3.05) is 23.7 Å².